The summed E-state index contributed by atoms with van der Waals surface area (Å²) in [4.78, 5) is 21.4. The Morgan fingerprint density at radius 3 is 2.75 bits per heavy atom. The predicted octanol–water partition coefficient (Wildman–Crippen LogP) is 3.39. The van der Waals surface area contributed by atoms with Crippen molar-refractivity contribution in [1.29, 1.82) is 0 Å². The molecule has 1 aromatic carbocycles. The van der Waals surface area contributed by atoms with Crippen LogP contribution in [-0.4, -0.2) is 22.0 Å². The third-order valence-corrected chi connectivity index (χ3v) is 3.54. The number of carboxylic acids is 1. The SMILES string of the molecule is CCCCC(Nc1cc(F)c(I)cc1[N+](=O)[O-])C(=O)O. The summed E-state index contributed by atoms with van der Waals surface area (Å²) in [5.74, 6) is -1.75. The number of benzene rings is 1. The Kier molecular flexibility index (Phi) is 6.11. The summed E-state index contributed by atoms with van der Waals surface area (Å²) < 4.78 is 13.6. The van der Waals surface area contributed by atoms with Gasteiger partial charge in [-0.05, 0) is 29.0 Å². The molecule has 0 spiro atoms. The normalized spacial score (nSPS) is 11.9. The van der Waals surface area contributed by atoms with E-state index in [-0.39, 0.29) is 14.9 Å². The molecule has 0 fully saturated rings. The molecule has 110 valence electrons. The van der Waals surface area contributed by atoms with Gasteiger partial charge in [0, 0.05) is 12.1 Å². The second-order valence-corrected chi connectivity index (χ2v) is 5.38. The Labute approximate surface area is 128 Å². The second kappa shape index (κ2) is 7.36. The van der Waals surface area contributed by atoms with Gasteiger partial charge < -0.3 is 10.4 Å². The predicted molar refractivity (Wildman–Crippen MR) is 80.3 cm³/mol. The molecule has 0 radical (unpaired) electrons. The Bertz CT molecular complexity index is 524. The van der Waals surface area contributed by atoms with E-state index in [1.165, 1.54) is 0 Å². The molecule has 1 atom stereocenters. The fraction of sp³-hybridized carbons (Fsp3) is 0.417. The van der Waals surface area contributed by atoms with Crippen LogP contribution in [0.2, 0.25) is 0 Å². The van der Waals surface area contributed by atoms with Crippen LogP contribution in [0.5, 0.6) is 0 Å². The summed E-state index contributed by atoms with van der Waals surface area (Å²) >= 11 is 1.65. The topological polar surface area (TPSA) is 92.5 Å². The number of hydrogen-bond acceptors (Lipinski definition) is 4. The summed E-state index contributed by atoms with van der Waals surface area (Å²) in [5, 5.41) is 22.6. The zero-order chi connectivity index (χ0) is 15.3. The fourth-order valence-electron chi connectivity index (χ4n) is 1.66. The van der Waals surface area contributed by atoms with Gasteiger partial charge in [-0.15, -0.1) is 0 Å². The minimum Gasteiger partial charge on any atom is -0.480 e. The zero-order valence-corrected chi connectivity index (χ0v) is 12.9. The molecule has 6 nitrogen and oxygen atoms in total. The summed E-state index contributed by atoms with van der Waals surface area (Å²) in [7, 11) is 0. The van der Waals surface area contributed by atoms with E-state index < -0.39 is 22.8 Å². The van der Waals surface area contributed by atoms with Crippen molar-refractivity contribution >= 4 is 39.9 Å². The Morgan fingerprint density at radius 1 is 1.60 bits per heavy atom. The van der Waals surface area contributed by atoms with Crippen LogP contribution in [0.4, 0.5) is 15.8 Å². The fourth-order valence-corrected chi connectivity index (χ4v) is 2.11. The molecule has 8 heteroatoms. The molecule has 0 aliphatic carbocycles. The lowest BCUT2D eigenvalue weighted by molar-refractivity contribution is -0.384. The standard InChI is InChI=1S/C12H14FIN2O4/c1-2-3-4-9(12(17)18)15-10-5-7(13)8(14)6-11(10)16(19)20/h5-6,9,15H,2-4H2,1H3,(H,17,18). The van der Waals surface area contributed by atoms with Crippen molar-refractivity contribution in [2.24, 2.45) is 0 Å². The first-order valence-electron chi connectivity index (χ1n) is 5.99. The molecule has 1 rings (SSSR count). The Hall–Kier alpha value is -1.45. The number of carbonyl (C=O) groups is 1. The molecular formula is C12H14FIN2O4. The van der Waals surface area contributed by atoms with Crippen molar-refractivity contribution in [3.05, 3.63) is 31.6 Å². The molecule has 0 bridgehead atoms. The number of aliphatic carboxylic acids is 1. The molecular weight excluding hydrogens is 382 g/mol. The highest BCUT2D eigenvalue weighted by Crippen LogP contribution is 2.29. The van der Waals surface area contributed by atoms with Crippen molar-refractivity contribution in [2.45, 2.75) is 32.2 Å². The molecule has 0 aliphatic rings. The van der Waals surface area contributed by atoms with E-state index in [1.54, 1.807) is 22.6 Å². The molecule has 1 aromatic rings. The van der Waals surface area contributed by atoms with Gasteiger partial charge in [0.2, 0.25) is 0 Å². The number of nitrogens with one attached hydrogen (secondary N) is 1. The summed E-state index contributed by atoms with van der Waals surface area (Å²) in [5.41, 5.74) is -0.449. The summed E-state index contributed by atoms with van der Waals surface area (Å²) in [6, 6.07) is 1.06. The van der Waals surface area contributed by atoms with Crippen LogP contribution >= 0.6 is 22.6 Å². The van der Waals surface area contributed by atoms with Crippen LogP contribution in [-0.2, 0) is 4.79 Å². The first-order chi connectivity index (χ1) is 9.36. The maximum Gasteiger partial charge on any atom is 0.326 e. The monoisotopic (exact) mass is 396 g/mol. The third-order valence-electron chi connectivity index (χ3n) is 2.71. The number of nitro benzene ring substituents is 1. The lowest BCUT2D eigenvalue weighted by Crippen LogP contribution is -2.29. The first-order valence-corrected chi connectivity index (χ1v) is 7.07. The number of anilines is 1. The molecule has 1 unspecified atom stereocenters. The van der Waals surface area contributed by atoms with Gasteiger partial charge in [-0.25, -0.2) is 9.18 Å². The van der Waals surface area contributed by atoms with Gasteiger partial charge in [0.05, 0.1) is 8.49 Å². The van der Waals surface area contributed by atoms with Crippen LogP contribution in [0.25, 0.3) is 0 Å². The van der Waals surface area contributed by atoms with Crippen LogP contribution in [0.3, 0.4) is 0 Å². The number of carboxylic acid groups (broad SMARTS) is 1. The van der Waals surface area contributed by atoms with Gasteiger partial charge in [-0.2, -0.15) is 0 Å². The second-order valence-electron chi connectivity index (χ2n) is 4.22. The third kappa shape index (κ3) is 4.29. The van der Waals surface area contributed by atoms with Crippen LogP contribution < -0.4 is 5.32 Å². The van der Waals surface area contributed by atoms with E-state index in [2.05, 4.69) is 5.32 Å². The Balaban J connectivity index is 3.07. The van der Waals surface area contributed by atoms with Crippen LogP contribution in [0, 0.1) is 19.5 Å². The quantitative estimate of drug-likeness (QED) is 0.419. The maximum absolute atomic E-state index is 13.5. The number of rotatable bonds is 7. The molecule has 20 heavy (non-hydrogen) atoms. The first kappa shape index (κ1) is 16.6. The largest absolute Gasteiger partial charge is 0.480 e. The van der Waals surface area contributed by atoms with Crippen molar-refractivity contribution in [3.8, 4) is 0 Å². The molecule has 0 amide bonds. The van der Waals surface area contributed by atoms with Crippen molar-refractivity contribution in [3.63, 3.8) is 0 Å². The Morgan fingerprint density at radius 2 is 2.25 bits per heavy atom. The van der Waals surface area contributed by atoms with E-state index in [0.717, 1.165) is 18.6 Å². The molecule has 0 heterocycles. The van der Waals surface area contributed by atoms with Gasteiger partial charge in [0.1, 0.15) is 17.5 Å². The van der Waals surface area contributed by atoms with Crippen LogP contribution in [0.1, 0.15) is 26.2 Å². The minimum absolute atomic E-state index is 0.111. The van der Waals surface area contributed by atoms with E-state index in [9.17, 15) is 19.3 Å². The van der Waals surface area contributed by atoms with Gasteiger partial charge in [0.25, 0.3) is 5.69 Å². The van der Waals surface area contributed by atoms with Gasteiger partial charge in [0.15, 0.2) is 0 Å². The van der Waals surface area contributed by atoms with Crippen molar-refractivity contribution in [1.82, 2.24) is 0 Å². The molecule has 0 saturated heterocycles. The zero-order valence-electron chi connectivity index (χ0n) is 10.7. The number of nitro groups is 1. The highest BCUT2D eigenvalue weighted by Gasteiger charge is 2.23. The molecule has 2 N–H and O–H groups in total. The van der Waals surface area contributed by atoms with Gasteiger partial charge in [-0.3, -0.25) is 10.1 Å². The minimum atomic E-state index is -1.12. The summed E-state index contributed by atoms with van der Waals surface area (Å²) in [6.45, 7) is 1.91. The molecule has 0 saturated carbocycles. The van der Waals surface area contributed by atoms with E-state index in [4.69, 9.17) is 5.11 Å². The average molecular weight is 396 g/mol. The van der Waals surface area contributed by atoms with E-state index in [1.807, 2.05) is 6.92 Å². The van der Waals surface area contributed by atoms with Gasteiger partial charge >= 0.3 is 5.97 Å². The molecule has 0 aromatic heterocycles. The van der Waals surface area contributed by atoms with Crippen molar-refractivity contribution < 1.29 is 19.2 Å². The van der Waals surface area contributed by atoms with E-state index in [0.29, 0.717) is 12.8 Å². The average Bonchev–Trinajstić information content (AvgIpc) is 2.37. The molecule has 0 aliphatic heterocycles. The van der Waals surface area contributed by atoms with Crippen molar-refractivity contribution in [2.75, 3.05) is 5.32 Å². The number of halogens is 2. The maximum atomic E-state index is 13.5. The number of nitrogens with zero attached hydrogens (tertiary/aromatic N) is 1. The number of hydrogen-bond donors (Lipinski definition) is 2. The smallest absolute Gasteiger partial charge is 0.326 e. The highest BCUT2D eigenvalue weighted by molar-refractivity contribution is 14.1. The van der Waals surface area contributed by atoms with Gasteiger partial charge in [-0.1, -0.05) is 19.8 Å². The van der Waals surface area contributed by atoms with E-state index >= 15 is 0 Å². The van der Waals surface area contributed by atoms with Crippen LogP contribution in [0.15, 0.2) is 12.1 Å². The lowest BCUT2D eigenvalue weighted by atomic mass is 10.1. The lowest BCUT2D eigenvalue weighted by Gasteiger charge is -2.15. The highest BCUT2D eigenvalue weighted by atomic mass is 127. The summed E-state index contributed by atoms with van der Waals surface area (Å²) in [6.07, 6.45) is 1.77. The number of unbranched alkanes of at least 4 members (excludes halogenated alkanes) is 1.